The Morgan fingerprint density at radius 1 is 1.54 bits per heavy atom. The summed E-state index contributed by atoms with van der Waals surface area (Å²) in [6, 6.07) is 0.264. The van der Waals surface area contributed by atoms with Crippen molar-refractivity contribution >= 4 is 5.91 Å². The average Bonchev–Trinajstić information content (AvgIpc) is 2.86. The molecular weight excluding hydrogens is 166 g/mol. The Labute approximate surface area is 79.7 Å². The fourth-order valence-corrected chi connectivity index (χ4v) is 1.43. The van der Waals surface area contributed by atoms with Crippen molar-refractivity contribution in [3.8, 4) is 0 Å². The summed E-state index contributed by atoms with van der Waals surface area (Å²) in [6.07, 6.45) is 2.80. The summed E-state index contributed by atoms with van der Waals surface area (Å²) < 4.78 is 0. The molecule has 0 unspecified atom stereocenters. The molecule has 3 heteroatoms. The molecule has 1 aliphatic carbocycles. The van der Waals surface area contributed by atoms with Gasteiger partial charge in [0, 0.05) is 25.1 Å². The molecule has 1 amide bonds. The Hall–Kier alpha value is -0.570. The van der Waals surface area contributed by atoms with Gasteiger partial charge in [-0.2, -0.15) is 0 Å². The third-order valence-corrected chi connectivity index (χ3v) is 2.39. The minimum atomic E-state index is 0.168. The summed E-state index contributed by atoms with van der Waals surface area (Å²) in [6.45, 7) is 4.92. The van der Waals surface area contributed by atoms with Crippen molar-refractivity contribution in [3.63, 3.8) is 0 Å². The van der Waals surface area contributed by atoms with Crippen molar-refractivity contribution in [1.82, 2.24) is 4.90 Å². The lowest BCUT2D eigenvalue weighted by molar-refractivity contribution is -0.134. The van der Waals surface area contributed by atoms with Gasteiger partial charge in [0.25, 0.3) is 0 Å². The standard InChI is InChI=1S/C10H19NO2/c1-8(2)11(6-3-7-12)10(13)9-4-5-9/h8-9,12H,3-7H2,1-2H3. The number of rotatable bonds is 5. The van der Waals surface area contributed by atoms with Crippen molar-refractivity contribution in [3.05, 3.63) is 0 Å². The molecule has 76 valence electrons. The largest absolute Gasteiger partial charge is 0.396 e. The van der Waals surface area contributed by atoms with Gasteiger partial charge in [-0.05, 0) is 33.1 Å². The fourth-order valence-electron chi connectivity index (χ4n) is 1.43. The zero-order valence-corrected chi connectivity index (χ0v) is 8.49. The normalized spacial score (nSPS) is 16.3. The lowest BCUT2D eigenvalue weighted by Gasteiger charge is -2.26. The molecule has 0 aromatic carbocycles. The molecule has 0 spiro atoms. The minimum Gasteiger partial charge on any atom is -0.396 e. The first kappa shape index (κ1) is 10.5. The van der Waals surface area contributed by atoms with Crippen LogP contribution >= 0.6 is 0 Å². The summed E-state index contributed by atoms with van der Waals surface area (Å²) in [7, 11) is 0. The Morgan fingerprint density at radius 2 is 2.15 bits per heavy atom. The van der Waals surface area contributed by atoms with Gasteiger partial charge in [0.2, 0.25) is 5.91 Å². The highest BCUT2D eigenvalue weighted by Gasteiger charge is 2.33. The third-order valence-electron chi connectivity index (χ3n) is 2.39. The summed E-state index contributed by atoms with van der Waals surface area (Å²) >= 11 is 0. The van der Waals surface area contributed by atoms with Crippen LogP contribution in [0.3, 0.4) is 0 Å². The van der Waals surface area contributed by atoms with Gasteiger partial charge in [-0.15, -0.1) is 0 Å². The smallest absolute Gasteiger partial charge is 0.225 e. The molecule has 0 heterocycles. The number of carbonyl (C=O) groups is 1. The van der Waals surface area contributed by atoms with Gasteiger partial charge in [-0.3, -0.25) is 4.79 Å². The van der Waals surface area contributed by atoms with E-state index >= 15 is 0 Å². The van der Waals surface area contributed by atoms with Crippen LogP contribution in [0.2, 0.25) is 0 Å². The maximum absolute atomic E-state index is 11.7. The lowest BCUT2D eigenvalue weighted by Crippen LogP contribution is -2.39. The van der Waals surface area contributed by atoms with Crippen molar-refractivity contribution in [2.45, 2.75) is 39.2 Å². The highest BCUT2D eigenvalue weighted by atomic mass is 16.3. The first-order chi connectivity index (χ1) is 6.16. The van der Waals surface area contributed by atoms with E-state index in [2.05, 4.69) is 0 Å². The SMILES string of the molecule is CC(C)N(CCCO)C(=O)C1CC1. The molecule has 1 fully saturated rings. The van der Waals surface area contributed by atoms with E-state index in [1.165, 1.54) is 0 Å². The van der Waals surface area contributed by atoms with Gasteiger partial charge >= 0.3 is 0 Å². The summed E-state index contributed by atoms with van der Waals surface area (Å²) in [5.41, 5.74) is 0. The molecule has 0 aromatic rings. The van der Waals surface area contributed by atoms with Gasteiger partial charge in [0.1, 0.15) is 0 Å². The van der Waals surface area contributed by atoms with E-state index in [4.69, 9.17) is 5.11 Å². The molecule has 1 aliphatic rings. The Morgan fingerprint density at radius 3 is 2.54 bits per heavy atom. The number of carbonyl (C=O) groups excluding carboxylic acids is 1. The molecule has 1 N–H and O–H groups in total. The number of hydrogen-bond donors (Lipinski definition) is 1. The second-order valence-electron chi connectivity index (χ2n) is 3.98. The van der Waals surface area contributed by atoms with E-state index < -0.39 is 0 Å². The molecule has 0 aromatic heterocycles. The number of amides is 1. The maximum atomic E-state index is 11.7. The van der Waals surface area contributed by atoms with Crippen LogP contribution in [0, 0.1) is 5.92 Å². The van der Waals surface area contributed by atoms with Gasteiger partial charge in [0.05, 0.1) is 0 Å². The Balaban J connectivity index is 2.40. The van der Waals surface area contributed by atoms with Crippen LogP contribution in [0.15, 0.2) is 0 Å². The fraction of sp³-hybridized carbons (Fsp3) is 0.900. The van der Waals surface area contributed by atoms with Gasteiger partial charge in [-0.25, -0.2) is 0 Å². The average molecular weight is 185 g/mol. The van der Waals surface area contributed by atoms with E-state index in [0.29, 0.717) is 18.9 Å². The van der Waals surface area contributed by atoms with Crippen LogP contribution in [-0.2, 0) is 4.79 Å². The second kappa shape index (κ2) is 4.61. The molecule has 0 radical (unpaired) electrons. The van der Waals surface area contributed by atoms with Crippen molar-refractivity contribution in [2.24, 2.45) is 5.92 Å². The molecule has 0 bridgehead atoms. The maximum Gasteiger partial charge on any atom is 0.225 e. The monoisotopic (exact) mass is 185 g/mol. The van der Waals surface area contributed by atoms with E-state index in [1.54, 1.807) is 0 Å². The highest BCUT2D eigenvalue weighted by Crippen LogP contribution is 2.31. The van der Waals surface area contributed by atoms with Crippen LogP contribution < -0.4 is 0 Å². The highest BCUT2D eigenvalue weighted by molar-refractivity contribution is 5.81. The van der Waals surface area contributed by atoms with Crippen LogP contribution in [0.5, 0.6) is 0 Å². The summed E-state index contributed by atoms with van der Waals surface area (Å²) in [5.74, 6) is 0.574. The Kier molecular flexibility index (Phi) is 3.72. The predicted molar refractivity (Wildman–Crippen MR) is 51.3 cm³/mol. The molecule has 1 rings (SSSR count). The first-order valence-corrected chi connectivity index (χ1v) is 5.08. The van der Waals surface area contributed by atoms with Crippen molar-refractivity contribution in [2.75, 3.05) is 13.2 Å². The quantitative estimate of drug-likeness (QED) is 0.694. The number of nitrogens with zero attached hydrogens (tertiary/aromatic N) is 1. The molecule has 0 aliphatic heterocycles. The van der Waals surface area contributed by atoms with Crippen LogP contribution in [0.1, 0.15) is 33.1 Å². The van der Waals surface area contributed by atoms with Crippen molar-refractivity contribution in [1.29, 1.82) is 0 Å². The summed E-state index contributed by atoms with van der Waals surface area (Å²) in [5, 5.41) is 8.69. The predicted octanol–water partition coefficient (Wildman–Crippen LogP) is 1.02. The first-order valence-electron chi connectivity index (χ1n) is 5.08. The third kappa shape index (κ3) is 2.99. The molecule has 0 saturated heterocycles. The van der Waals surface area contributed by atoms with Gasteiger partial charge < -0.3 is 10.0 Å². The minimum absolute atomic E-state index is 0.168. The zero-order valence-electron chi connectivity index (χ0n) is 8.49. The number of aliphatic hydroxyl groups excluding tert-OH is 1. The molecule has 0 atom stereocenters. The number of hydrogen-bond acceptors (Lipinski definition) is 2. The van der Waals surface area contributed by atoms with Crippen LogP contribution in [-0.4, -0.2) is 35.1 Å². The van der Waals surface area contributed by atoms with Crippen molar-refractivity contribution < 1.29 is 9.90 Å². The van der Waals surface area contributed by atoms with Crippen LogP contribution in [0.4, 0.5) is 0 Å². The second-order valence-corrected chi connectivity index (χ2v) is 3.98. The number of aliphatic hydroxyl groups is 1. The van der Waals surface area contributed by atoms with E-state index in [1.807, 2.05) is 18.7 Å². The molecule has 13 heavy (non-hydrogen) atoms. The van der Waals surface area contributed by atoms with E-state index in [0.717, 1.165) is 12.8 Å². The lowest BCUT2D eigenvalue weighted by atomic mass is 10.2. The molecule has 1 saturated carbocycles. The molecular formula is C10H19NO2. The van der Waals surface area contributed by atoms with E-state index in [9.17, 15) is 4.79 Å². The van der Waals surface area contributed by atoms with E-state index in [-0.39, 0.29) is 18.6 Å². The van der Waals surface area contributed by atoms with Gasteiger partial charge in [-0.1, -0.05) is 0 Å². The summed E-state index contributed by atoms with van der Waals surface area (Å²) in [4.78, 5) is 13.6. The Bertz CT molecular complexity index is 176. The zero-order chi connectivity index (χ0) is 9.84. The van der Waals surface area contributed by atoms with Crippen LogP contribution in [0.25, 0.3) is 0 Å². The van der Waals surface area contributed by atoms with Gasteiger partial charge in [0.15, 0.2) is 0 Å². The topological polar surface area (TPSA) is 40.5 Å². The molecule has 3 nitrogen and oxygen atoms in total.